The van der Waals surface area contributed by atoms with Crippen molar-refractivity contribution in [3.8, 4) is 0 Å². The molecule has 3 rings (SSSR count). The van der Waals surface area contributed by atoms with Gasteiger partial charge in [0.25, 0.3) is 5.91 Å². The molecule has 0 radical (unpaired) electrons. The van der Waals surface area contributed by atoms with Crippen molar-refractivity contribution in [3.63, 3.8) is 0 Å². The van der Waals surface area contributed by atoms with Gasteiger partial charge in [0.05, 0.1) is 10.8 Å². The first kappa shape index (κ1) is 23.5. The first-order valence-electron chi connectivity index (χ1n) is 9.65. The third-order valence-electron chi connectivity index (χ3n) is 5.06. The zero-order valence-corrected chi connectivity index (χ0v) is 19.1. The van der Waals surface area contributed by atoms with Gasteiger partial charge >= 0.3 is 5.97 Å². The third-order valence-corrected chi connectivity index (χ3v) is 7.46. The normalized spacial score (nSPS) is 15.5. The maximum absolute atomic E-state index is 12.7. The van der Waals surface area contributed by atoms with Crippen molar-refractivity contribution in [3.05, 3.63) is 58.1 Å². The Balaban J connectivity index is 1.49. The summed E-state index contributed by atoms with van der Waals surface area (Å²) in [5.41, 5.74) is 1.38. The quantitative estimate of drug-likeness (QED) is 0.627. The lowest BCUT2D eigenvalue weighted by molar-refractivity contribution is -0.152. The Kier molecular flexibility index (Phi) is 7.59. The average Bonchev–Trinajstić information content (AvgIpc) is 2.75. The van der Waals surface area contributed by atoms with Crippen LogP contribution < -0.4 is 5.32 Å². The number of hydrogen-bond donors (Lipinski definition) is 1. The highest BCUT2D eigenvalue weighted by Gasteiger charge is 2.33. The van der Waals surface area contributed by atoms with Crippen LogP contribution in [0.5, 0.6) is 0 Å². The number of halogens is 2. The standard InChI is InChI=1S/C21H22Cl2N2O5S/c1-14-2-3-17(23)12-19(14)24-20(26)13-30-21(27)15-8-10-25(11-9-15)31(28,29)18-6-4-16(22)5-7-18/h2-7,12,15H,8-11,13H2,1H3,(H,24,26). The van der Waals surface area contributed by atoms with E-state index in [0.29, 0.717) is 28.6 Å². The Hall–Kier alpha value is -2.13. The maximum Gasteiger partial charge on any atom is 0.309 e. The van der Waals surface area contributed by atoms with Gasteiger partial charge in [-0.25, -0.2) is 8.42 Å². The second-order valence-electron chi connectivity index (χ2n) is 7.25. The van der Waals surface area contributed by atoms with Gasteiger partial charge in [-0.1, -0.05) is 29.3 Å². The van der Waals surface area contributed by atoms with Crippen molar-refractivity contribution >= 4 is 50.8 Å². The summed E-state index contributed by atoms with van der Waals surface area (Å²) in [6.07, 6.45) is 0.640. The van der Waals surface area contributed by atoms with E-state index in [1.165, 1.54) is 28.6 Å². The summed E-state index contributed by atoms with van der Waals surface area (Å²) in [5.74, 6) is -1.44. The molecular weight excluding hydrogens is 463 g/mol. The molecule has 1 N–H and O–H groups in total. The molecule has 7 nitrogen and oxygen atoms in total. The van der Waals surface area contributed by atoms with Crippen LogP contribution in [0.15, 0.2) is 47.4 Å². The first-order valence-corrected chi connectivity index (χ1v) is 11.8. The monoisotopic (exact) mass is 484 g/mol. The van der Waals surface area contributed by atoms with Crippen molar-refractivity contribution in [2.75, 3.05) is 25.0 Å². The lowest BCUT2D eigenvalue weighted by Crippen LogP contribution is -2.40. The number of esters is 1. The molecule has 1 aliphatic heterocycles. The third kappa shape index (κ3) is 5.98. The highest BCUT2D eigenvalue weighted by Crippen LogP contribution is 2.25. The molecular formula is C21H22Cl2N2O5S. The summed E-state index contributed by atoms with van der Waals surface area (Å²) in [5, 5.41) is 3.60. The predicted octanol–water partition coefficient (Wildman–Crippen LogP) is 3.88. The van der Waals surface area contributed by atoms with Crippen LogP contribution in [0.25, 0.3) is 0 Å². The number of carbonyl (C=O) groups excluding carboxylic acids is 2. The number of nitrogens with zero attached hydrogens (tertiary/aromatic N) is 1. The number of piperidine rings is 1. The van der Waals surface area contributed by atoms with Crippen molar-refractivity contribution in [1.29, 1.82) is 0 Å². The molecule has 31 heavy (non-hydrogen) atoms. The van der Waals surface area contributed by atoms with Gasteiger partial charge in [-0.2, -0.15) is 4.31 Å². The Morgan fingerprint density at radius 1 is 1.06 bits per heavy atom. The molecule has 1 saturated heterocycles. The molecule has 1 heterocycles. The van der Waals surface area contributed by atoms with Gasteiger partial charge in [-0.15, -0.1) is 0 Å². The van der Waals surface area contributed by atoms with E-state index in [-0.39, 0.29) is 18.0 Å². The second-order valence-corrected chi connectivity index (χ2v) is 10.1. The minimum absolute atomic E-state index is 0.158. The fraction of sp³-hybridized carbons (Fsp3) is 0.333. The van der Waals surface area contributed by atoms with Crippen LogP contribution in [0.4, 0.5) is 5.69 Å². The molecule has 1 amide bonds. The summed E-state index contributed by atoms with van der Waals surface area (Å²) < 4.78 is 31.9. The molecule has 10 heteroatoms. The van der Waals surface area contributed by atoms with Crippen molar-refractivity contribution < 1.29 is 22.7 Å². The number of carbonyl (C=O) groups is 2. The Morgan fingerprint density at radius 2 is 1.68 bits per heavy atom. The molecule has 0 saturated carbocycles. The van der Waals surface area contributed by atoms with Gasteiger partial charge < -0.3 is 10.1 Å². The highest BCUT2D eigenvalue weighted by molar-refractivity contribution is 7.89. The van der Waals surface area contributed by atoms with E-state index in [9.17, 15) is 18.0 Å². The fourth-order valence-corrected chi connectivity index (χ4v) is 5.02. The molecule has 166 valence electrons. The number of anilines is 1. The van der Waals surface area contributed by atoms with Crippen molar-refractivity contribution in [2.24, 2.45) is 5.92 Å². The Bertz CT molecular complexity index is 1070. The van der Waals surface area contributed by atoms with Crippen LogP contribution in [-0.4, -0.2) is 44.3 Å². The topological polar surface area (TPSA) is 92.8 Å². The van der Waals surface area contributed by atoms with E-state index in [4.69, 9.17) is 27.9 Å². The molecule has 0 unspecified atom stereocenters. The zero-order chi connectivity index (χ0) is 22.6. The summed E-state index contributed by atoms with van der Waals surface area (Å²) in [6, 6.07) is 11.1. The first-order chi connectivity index (χ1) is 14.7. The van der Waals surface area contributed by atoms with Gasteiger partial charge in [-0.3, -0.25) is 9.59 Å². The summed E-state index contributed by atoms with van der Waals surface area (Å²) >= 11 is 11.7. The number of aryl methyl sites for hydroxylation is 1. The number of ether oxygens (including phenoxy) is 1. The van der Waals surface area contributed by atoms with E-state index >= 15 is 0 Å². The van der Waals surface area contributed by atoms with Gasteiger partial charge in [0.15, 0.2) is 6.61 Å². The van der Waals surface area contributed by atoms with Crippen LogP contribution in [0, 0.1) is 12.8 Å². The van der Waals surface area contributed by atoms with Gasteiger partial charge in [0.1, 0.15) is 0 Å². The maximum atomic E-state index is 12.7. The Labute approximate surface area is 191 Å². The average molecular weight is 485 g/mol. The van der Waals surface area contributed by atoms with Gasteiger partial charge in [-0.05, 0) is 61.7 Å². The Morgan fingerprint density at radius 3 is 2.32 bits per heavy atom. The highest BCUT2D eigenvalue weighted by atomic mass is 35.5. The number of amides is 1. The number of hydrogen-bond acceptors (Lipinski definition) is 5. The number of rotatable bonds is 6. The van der Waals surface area contributed by atoms with E-state index < -0.39 is 34.4 Å². The number of nitrogens with one attached hydrogen (secondary N) is 1. The number of benzene rings is 2. The van der Waals surface area contributed by atoms with Gasteiger partial charge in [0.2, 0.25) is 10.0 Å². The second kappa shape index (κ2) is 9.99. The molecule has 2 aromatic carbocycles. The van der Waals surface area contributed by atoms with E-state index in [1.54, 1.807) is 18.2 Å². The predicted molar refractivity (Wildman–Crippen MR) is 119 cm³/mol. The molecule has 0 atom stereocenters. The van der Waals surface area contributed by atoms with Crippen LogP contribution in [0.3, 0.4) is 0 Å². The molecule has 0 aromatic heterocycles. The van der Waals surface area contributed by atoms with Crippen LogP contribution >= 0.6 is 23.2 Å². The minimum Gasteiger partial charge on any atom is -0.455 e. The summed E-state index contributed by atoms with van der Waals surface area (Å²) in [7, 11) is -3.65. The van der Waals surface area contributed by atoms with E-state index in [2.05, 4.69) is 5.32 Å². The minimum atomic E-state index is -3.65. The van der Waals surface area contributed by atoms with Crippen molar-refractivity contribution in [2.45, 2.75) is 24.7 Å². The smallest absolute Gasteiger partial charge is 0.309 e. The summed E-state index contributed by atoms with van der Waals surface area (Å²) in [4.78, 5) is 24.6. The lowest BCUT2D eigenvalue weighted by atomic mass is 9.98. The fourth-order valence-electron chi connectivity index (χ4n) is 3.26. The van der Waals surface area contributed by atoms with Crippen LogP contribution in [-0.2, 0) is 24.3 Å². The summed E-state index contributed by atoms with van der Waals surface area (Å²) in [6.45, 7) is 1.79. The van der Waals surface area contributed by atoms with Crippen LogP contribution in [0.1, 0.15) is 18.4 Å². The molecule has 0 bridgehead atoms. The molecule has 0 spiro atoms. The molecule has 0 aliphatic carbocycles. The molecule has 1 aliphatic rings. The molecule has 1 fully saturated rings. The SMILES string of the molecule is Cc1ccc(Cl)cc1NC(=O)COC(=O)C1CCN(S(=O)(=O)c2ccc(Cl)cc2)CC1. The zero-order valence-electron chi connectivity index (χ0n) is 16.8. The van der Waals surface area contributed by atoms with Gasteiger partial charge in [0, 0.05) is 28.8 Å². The van der Waals surface area contributed by atoms with E-state index in [0.717, 1.165) is 5.56 Å². The molecule has 2 aromatic rings. The largest absolute Gasteiger partial charge is 0.455 e. The van der Waals surface area contributed by atoms with E-state index in [1.807, 2.05) is 6.92 Å². The lowest BCUT2D eigenvalue weighted by Gasteiger charge is -2.30. The number of sulfonamides is 1. The van der Waals surface area contributed by atoms with Crippen LogP contribution in [0.2, 0.25) is 10.0 Å². The van der Waals surface area contributed by atoms with Crippen molar-refractivity contribution in [1.82, 2.24) is 4.31 Å².